The van der Waals surface area contributed by atoms with Gasteiger partial charge < -0.3 is 14.9 Å². The molecule has 13 heteroatoms. The molecule has 4 rings (SSSR count). The van der Waals surface area contributed by atoms with E-state index in [1.807, 2.05) is 19.3 Å². The van der Waals surface area contributed by atoms with Gasteiger partial charge in [0.15, 0.2) is 11.3 Å². The van der Waals surface area contributed by atoms with Crippen molar-refractivity contribution in [2.45, 2.75) is 32.9 Å². The van der Waals surface area contributed by atoms with E-state index in [-0.39, 0.29) is 5.75 Å². The summed E-state index contributed by atoms with van der Waals surface area (Å²) in [5, 5.41) is 20.6. The van der Waals surface area contributed by atoms with Gasteiger partial charge in [-0.3, -0.25) is 14.3 Å². The Balaban J connectivity index is 1.74. The second kappa shape index (κ2) is 10.1. The first-order chi connectivity index (χ1) is 16.7. The third kappa shape index (κ3) is 5.33. The minimum atomic E-state index is -0.815. The summed E-state index contributed by atoms with van der Waals surface area (Å²) >= 11 is 9.56. The summed E-state index contributed by atoms with van der Waals surface area (Å²) in [7, 11) is 1.77. The first kappa shape index (κ1) is 24.7. The Labute approximate surface area is 213 Å². The zero-order valence-electron chi connectivity index (χ0n) is 18.9. The summed E-state index contributed by atoms with van der Waals surface area (Å²) in [5.41, 5.74) is 2.88. The van der Waals surface area contributed by atoms with Gasteiger partial charge in [-0.05, 0) is 45.8 Å². The van der Waals surface area contributed by atoms with Crippen molar-refractivity contribution < 1.29 is 14.1 Å². The first-order valence-electron chi connectivity index (χ1n) is 10.5. The van der Waals surface area contributed by atoms with Crippen molar-refractivity contribution in [2.75, 3.05) is 0 Å². The third-order valence-corrected chi connectivity index (χ3v) is 5.97. The van der Waals surface area contributed by atoms with Crippen LogP contribution in [0.1, 0.15) is 36.6 Å². The third-order valence-electron chi connectivity index (χ3n) is 5.22. The van der Waals surface area contributed by atoms with Gasteiger partial charge in [0.2, 0.25) is 5.75 Å². The molecule has 4 heterocycles. The van der Waals surface area contributed by atoms with Crippen molar-refractivity contribution in [3.63, 3.8) is 0 Å². The lowest BCUT2D eigenvalue weighted by Crippen LogP contribution is -2.09. The number of hydrogen-bond donors (Lipinski definition) is 0. The maximum Gasteiger partial charge on any atom is 0.406 e. The van der Waals surface area contributed by atoms with Crippen molar-refractivity contribution in [1.29, 1.82) is 0 Å². The van der Waals surface area contributed by atoms with Gasteiger partial charge in [0.25, 0.3) is 0 Å². The molecule has 4 aromatic heterocycles. The molecule has 10 nitrogen and oxygen atoms in total. The van der Waals surface area contributed by atoms with E-state index in [1.54, 1.807) is 23.3 Å². The highest BCUT2D eigenvalue weighted by Gasteiger charge is 2.25. The van der Waals surface area contributed by atoms with Gasteiger partial charge in [-0.2, -0.15) is 10.2 Å². The van der Waals surface area contributed by atoms with Crippen LogP contribution in [0.3, 0.4) is 0 Å². The zero-order chi connectivity index (χ0) is 25.3. The molecule has 0 fully saturated rings. The van der Waals surface area contributed by atoms with E-state index in [0.29, 0.717) is 39.5 Å². The molecule has 0 aliphatic heterocycles. The Bertz CT molecular complexity index is 1410. The lowest BCUT2D eigenvalue weighted by atomic mass is 10.0. The largest absolute Gasteiger partial charge is 0.478 e. The van der Waals surface area contributed by atoms with E-state index in [9.17, 15) is 14.5 Å². The SMILES string of the molecule is CCn1cc(Cc2cn(C)nc2-c2ncc(F)cc2C(C)Oc2cc(Br)cnc2[N+](=O)[O-])c(Cl)n1. The molecule has 0 saturated carbocycles. The monoisotopic (exact) mass is 563 g/mol. The minimum absolute atomic E-state index is 0.0629. The van der Waals surface area contributed by atoms with Gasteiger partial charge in [-0.25, -0.2) is 4.39 Å². The van der Waals surface area contributed by atoms with Crippen LogP contribution in [0, 0.1) is 15.9 Å². The summed E-state index contributed by atoms with van der Waals surface area (Å²) in [6.45, 7) is 4.29. The zero-order valence-corrected chi connectivity index (χ0v) is 21.3. The number of hydrogen-bond acceptors (Lipinski definition) is 7. The summed E-state index contributed by atoms with van der Waals surface area (Å²) in [4.78, 5) is 18.9. The van der Waals surface area contributed by atoms with Crippen LogP contribution in [0.25, 0.3) is 11.4 Å². The Morgan fingerprint density at radius 3 is 2.66 bits per heavy atom. The van der Waals surface area contributed by atoms with E-state index in [2.05, 4.69) is 36.1 Å². The molecule has 0 saturated heterocycles. The highest BCUT2D eigenvalue weighted by Crippen LogP contribution is 2.35. The van der Waals surface area contributed by atoms with Crippen LogP contribution >= 0.6 is 27.5 Å². The molecule has 0 aromatic carbocycles. The number of nitro groups is 1. The van der Waals surface area contributed by atoms with Crippen LogP contribution in [0.4, 0.5) is 10.2 Å². The summed E-state index contributed by atoms with van der Waals surface area (Å²) in [6, 6.07) is 2.72. The number of halogens is 3. The quantitative estimate of drug-likeness (QED) is 0.211. The molecular formula is C22H20BrClFN7O3. The first-order valence-corrected chi connectivity index (χ1v) is 11.7. The molecule has 0 N–H and O–H groups in total. The predicted molar refractivity (Wildman–Crippen MR) is 130 cm³/mol. The van der Waals surface area contributed by atoms with Gasteiger partial charge in [0.1, 0.15) is 17.6 Å². The molecule has 0 radical (unpaired) electrons. The molecular weight excluding hydrogens is 545 g/mol. The van der Waals surface area contributed by atoms with E-state index in [4.69, 9.17) is 16.3 Å². The molecule has 0 bridgehead atoms. The standard InChI is InChI=1S/C22H20BrClFN7O3/c1-4-31-11-14(21(24)29-31)5-13-10-30(3)28-19(13)20-17(7-16(25)9-26-20)12(2)35-18-6-15(23)8-27-22(18)32(33)34/h6-12H,4-5H2,1-3H3. The smallest absolute Gasteiger partial charge is 0.406 e. The molecule has 0 aliphatic carbocycles. The number of rotatable bonds is 8. The van der Waals surface area contributed by atoms with Crippen LogP contribution in [-0.2, 0) is 20.0 Å². The Morgan fingerprint density at radius 1 is 1.20 bits per heavy atom. The predicted octanol–water partition coefficient (Wildman–Crippen LogP) is 5.29. The summed E-state index contributed by atoms with van der Waals surface area (Å²) in [6.07, 6.45) is 5.70. The Morgan fingerprint density at radius 2 is 1.97 bits per heavy atom. The maximum atomic E-state index is 14.3. The lowest BCUT2D eigenvalue weighted by molar-refractivity contribution is -0.390. The van der Waals surface area contributed by atoms with Gasteiger partial charge in [-0.15, -0.1) is 0 Å². The maximum absolute atomic E-state index is 14.3. The lowest BCUT2D eigenvalue weighted by Gasteiger charge is -2.17. The van der Waals surface area contributed by atoms with E-state index in [1.165, 1.54) is 18.3 Å². The van der Waals surface area contributed by atoms with Crippen LogP contribution < -0.4 is 4.74 Å². The van der Waals surface area contributed by atoms with Crippen LogP contribution in [0.5, 0.6) is 5.75 Å². The van der Waals surface area contributed by atoms with Crippen LogP contribution in [0.2, 0.25) is 5.15 Å². The number of nitrogens with zero attached hydrogens (tertiary/aromatic N) is 7. The number of ether oxygens (including phenoxy) is 1. The second-order valence-electron chi connectivity index (χ2n) is 7.74. The average molecular weight is 565 g/mol. The van der Waals surface area contributed by atoms with Crippen molar-refractivity contribution >= 4 is 33.3 Å². The Kier molecular flexibility index (Phi) is 7.13. The van der Waals surface area contributed by atoms with Gasteiger partial charge >= 0.3 is 5.82 Å². The normalized spacial score (nSPS) is 12.1. The number of aromatic nitrogens is 6. The molecule has 0 spiro atoms. The summed E-state index contributed by atoms with van der Waals surface area (Å²) in [5.74, 6) is -1.09. The molecule has 1 unspecified atom stereocenters. The van der Waals surface area contributed by atoms with Crippen molar-refractivity contribution in [3.8, 4) is 17.1 Å². The highest BCUT2D eigenvalue weighted by molar-refractivity contribution is 9.10. The van der Waals surface area contributed by atoms with Crippen molar-refractivity contribution in [2.24, 2.45) is 7.05 Å². The minimum Gasteiger partial charge on any atom is -0.478 e. The highest BCUT2D eigenvalue weighted by atomic mass is 79.9. The second-order valence-corrected chi connectivity index (χ2v) is 9.01. The summed E-state index contributed by atoms with van der Waals surface area (Å²) < 4.78 is 24.0. The fraction of sp³-hybridized carbons (Fsp3) is 0.273. The van der Waals surface area contributed by atoms with E-state index >= 15 is 0 Å². The van der Waals surface area contributed by atoms with Crippen molar-refractivity contribution in [3.05, 3.63) is 79.2 Å². The molecule has 0 aliphatic rings. The van der Waals surface area contributed by atoms with Crippen LogP contribution in [0.15, 0.2) is 41.4 Å². The fourth-order valence-electron chi connectivity index (χ4n) is 3.65. The molecule has 4 aromatic rings. The van der Waals surface area contributed by atoms with E-state index in [0.717, 1.165) is 17.3 Å². The average Bonchev–Trinajstić information content (AvgIpc) is 3.35. The van der Waals surface area contributed by atoms with Crippen LogP contribution in [-0.4, -0.2) is 34.5 Å². The molecule has 182 valence electrons. The van der Waals surface area contributed by atoms with Gasteiger partial charge in [0.05, 0.1) is 16.4 Å². The van der Waals surface area contributed by atoms with Gasteiger partial charge in [-0.1, -0.05) is 11.6 Å². The molecule has 0 amide bonds. The molecule has 1 atom stereocenters. The Hall–Kier alpha value is -3.38. The van der Waals surface area contributed by atoms with E-state index < -0.39 is 22.7 Å². The van der Waals surface area contributed by atoms with Gasteiger partial charge in [0, 0.05) is 55.2 Å². The number of pyridine rings is 2. The topological polar surface area (TPSA) is 114 Å². The van der Waals surface area contributed by atoms with Crippen molar-refractivity contribution in [1.82, 2.24) is 29.5 Å². The number of aryl methyl sites for hydroxylation is 2. The molecule has 35 heavy (non-hydrogen) atoms. The fourth-order valence-corrected chi connectivity index (χ4v) is 4.17.